The Morgan fingerprint density at radius 3 is 2.48 bits per heavy atom. The van der Waals surface area contributed by atoms with Crippen molar-refractivity contribution >= 4 is 22.9 Å². The molecule has 4 nitrogen and oxygen atoms in total. The zero-order valence-corrected chi connectivity index (χ0v) is 13.2. The Labute approximate surface area is 129 Å². The lowest BCUT2D eigenvalue weighted by Gasteiger charge is -2.10. The quantitative estimate of drug-likeness (QED) is 0.783. The highest BCUT2D eigenvalue weighted by Crippen LogP contribution is 2.24. The summed E-state index contributed by atoms with van der Waals surface area (Å²) in [6.07, 6.45) is 3.89. The summed E-state index contributed by atoms with van der Waals surface area (Å²) in [5.74, 6) is 0.756. The van der Waals surface area contributed by atoms with Crippen LogP contribution < -0.4 is 10.1 Å². The standard InChI is InChI=1S/C16H21NO3S/c1-11(2)20-13-9-7-12(8-10-13)5-3-4-6-14-15(18)17-16(19)21-14/h7-11,14H,3-6H2,1-2H3,(H,17,18,19). The zero-order valence-electron chi connectivity index (χ0n) is 12.4. The van der Waals surface area contributed by atoms with Crippen LogP contribution in [0.2, 0.25) is 0 Å². The first-order valence-electron chi connectivity index (χ1n) is 7.31. The van der Waals surface area contributed by atoms with Gasteiger partial charge in [0.1, 0.15) is 5.75 Å². The van der Waals surface area contributed by atoms with E-state index in [4.69, 9.17) is 4.74 Å². The molecule has 1 aromatic rings. The first kappa shape index (κ1) is 15.9. The second-order valence-corrected chi connectivity index (χ2v) is 6.62. The molecule has 1 aliphatic rings. The van der Waals surface area contributed by atoms with Crippen LogP contribution in [0.15, 0.2) is 24.3 Å². The zero-order chi connectivity index (χ0) is 15.2. The summed E-state index contributed by atoms with van der Waals surface area (Å²) in [6.45, 7) is 4.02. The summed E-state index contributed by atoms with van der Waals surface area (Å²) >= 11 is 1.11. The van der Waals surface area contributed by atoms with Crippen LogP contribution in [0.5, 0.6) is 5.75 Å². The van der Waals surface area contributed by atoms with Crippen LogP contribution in [0.25, 0.3) is 0 Å². The SMILES string of the molecule is CC(C)Oc1ccc(CCCCC2SC(=O)NC2=O)cc1. The number of thioether (sulfide) groups is 1. The lowest BCUT2D eigenvalue weighted by molar-refractivity contribution is -0.119. The molecular formula is C16H21NO3S. The number of carbonyl (C=O) groups excluding carboxylic acids is 2. The van der Waals surface area contributed by atoms with E-state index < -0.39 is 0 Å². The van der Waals surface area contributed by atoms with Crippen LogP contribution >= 0.6 is 11.8 Å². The fourth-order valence-corrected chi connectivity index (χ4v) is 3.12. The summed E-state index contributed by atoms with van der Waals surface area (Å²) in [7, 11) is 0. The van der Waals surface area contributed by atoms with E-state index in [9.17, 15) is 9.59 Å². The van der Waals surface area contributed by atoms with Gasteiger partial charge in [-0.05, 0) is 50.8 Å². The van der Waals surface area contributed by atoms with Gasteiger partial charge in [-0.1, -0.05) is 30.3 Å². The number of rotatable bonds is 7. The first-order valence-corrected chi connectivity index (χ1v) is 8.19. The third-order valence-electron chi connectivity index (χ3n) is 3.24. The Morgan fingerprint density at radius 1 is 1.19 bits per heavy atom. The van der Waals surface area contributed by atoms with E-state index in [-0.39, 0.29) is 22.5 Å². The molecule has 0 spiro atoms. The molecule has 114 valence electrons. The predicted molar refractivity (Wildman–Crippen MR) is 84.7 cm³/mol. The maximum atomic E-state index is 11.4. The molecule has 0 radical (unpaired) electrons. The molecule has 0 saturated carbocycles. The molecule has 1 aromatic carbocycles. The minimum absolute atomic E-state index is 0.139. The molecular weight excluding hydrogens is 286 g/mol. The molecule has 5 heteroatoms. The number of aryl methyl sites for hydroxylation is 1. The van der Waals surface area contributed by atoms with Gasteiger partial charge in [-0.25, -0.2) is 0 Å². The lowest BCUT2D eigenvalue weighted by Crippen LogP contribution is -2.24. The number of carbonyl (C=O) groups is 2. The van der Waals surface area contributed by atoms with Crippen molar-refractivity contribution in [3.05, 3.63) is 29.8 Å². The number of imide groups is 1. The second kappa shape index (κ2) is 7.50. The van der Waals surface area contributed by atoms with Gasteiger partial charge in [0.15, 0.2) is 0 Å². The van der Waals surface area contributed by atoms with Crippen LogP contribution in [0.3, 0.4) is 0 Å². The van der Waals surface area contributed by atoms with Gasteiger partial charge >= 0.3 is 0 Å². The van der Waals surface area contributed by atoms with Gasteiger partial charge in [0, 0.05) is 0 Å². The van der Waals surface area contributed by atoms with Crippen LogP contribution in [0.1, 0.15) is 38.7 Å². The van der Waals surface area contributed by atoms with E-state index in [2.05, 4.69) is 17.4 Å². The van der Waals surface area contributed by atoms with Crippen molar-refractivity contribution in [2.24, 2.45) is 0 Å². The number of hydrogen-bond acceptors (Lipinski definition) is 4. The molecule has 1 unspecified atom stereocenters. The number of hydrogen-bond donors (Lipinski definition) is 1. The third kappa shape index (κ3) is 5.08. The van der Waals surface area contributed by atoms with E-state index in [0.717, 1.165) is 43.2 Å². The minimum Gasteiger partial charge on any atom is -0.491 e. The van der Waals surface area contributed by atoms with E-state index in [1.807, 2.05) is 26.0 Å². The van der Waals surface area contributed by atoms with Gasteiger partial charge in [-0.3, -0.25) is 14.9 Å². The maximum Gasteiger partial charge on any atom is 0.286 e. The van der Waals surface area contributed by atoms with E-state index in [0.29, 0.717) is 0 Å². The Bertz CT molecular complexity index is 499. The van der Waals surface area contributed by atoms with Crippen molar-refractivity contribution in [1.82, 2.24) is 5.32 Å². The van der Waals surface area contributed by atoms with E-state index in [1.165, 1.54) is 5.56 Å². The van der Waals surface area contributed by atoms with Crippen LogP contribution in [-0.2, 0) is 11.2 Å². The Balaban J connectivity index is 1.69. The highest BCUT2D eigenvalue weighted by atomic mass is 32.2. The monoisotopic (exact) mass is 307 g/mol. The highest BCUT2D eigenvalue weighted by Gasteiger charge is 2.30. The molecule has 1 aliphatic heterocycles. The largest absolute Gasteiger partial charge is 0.491 e. The van der Waals surface area contributed by atoms with Gasteiger partial charge in [0.25, 0.3) is 5.24 Å². The molecule has 0 aromatic heterocycles. The van der Waals surface area contributed by atoms with Crippen molar-refractivity contribution < 1.29 is 14.3 Å². The summed E-state index contributed by atoms with van der Waals surface area (Å²) in [5, 5.41) is 1.91. The molecule has 2 amide bonds. The van der Waals surface area contributed by atoms with E-state index >= 15 is 0 Å². The number of unbranched alkanes of at least 4 members (excludes halogenated alkanes) is 1. The van der Waals surface area contributed by atoms with Gasteiger partial charge < -0.3 is 4.74 Å². The summed E-state index contributed by atoms with van der Waals surface area (Å²) in [5.41, 5.74) is 1.27. The molecule has 1 atom stereocenters. The molecule has 21 heavy (non-hydrogen) atoms. The Hall–Kier alpha value is -1.49. The third-order valence-corrected chi connectivity index (χ3v) is 4.29. The predicted octanol–water partition coefficient (Wildman–Crippen LogP) is 3.54. The number of ether oxygens (including phenoxy) is 1. The molecule has 1 N–H and O–H groups in total. The molecule has 0 aliphatic carbocycles. The average molecular weight is 307 g/mol. The van der Waals surface area contributed by atoms with Crippen LogP contribution in [0.4, 0.5) is 4.79 Å². The Morgan fingerprint density at radius 2 is 1.90 bits per heavy atom. The summed E-state index contributed by atoms with van der Waals surface area (Å²) in [6, 6.07) is 8.15. The van der Waals surface area contributed by atoms with Crippen LogP contribution in [-0.4, -0.2) is 22.5 Å². The number of nitrogens with one attached hydrogen (secondary N) is 1. The van der Waals surface area contributed by atoms with Gasteiger partial charge in [0.05, 0.1) is 11.4 Å². The smallest absolute Gasteiger partial charge is 0.286 e. The summed E-state index contributed by atoms with van der Waals surface area (Å²) < 4.78 is 5.61. The van der Waals surface area contributed by atoms with Crippen molar-refractivity contribution in [1.29, 1.82) is 0 Å². The molecule has 0 bridgehead atoms. The molecule has 1 fully saturated rings. The van der Waals surface area contributed by atoms with Crippen molar-refractivity contribution in [3.8, 4) is 5.75 Å². The lowest BCUT2D eigenvalue weighted by atomic mass is 10.1. The molecule has 2 rings (SSSR count). The van der Waals surface area contributed by atoms with Crippen molar-refractivity contribution in [2.45, 2.75) is 50.9 Å². The minimum atomic E-state index is -0.217. The topological polar surface area (TPSA) is 55.4 Å². The van der Waals surface area contributed by atoms with Crippen molar-refractivity contribution in [2.75, 3.05) is 0 Å². The number of benzene rings is 1. The van der Waals surface area contributed by atoms with Gasteiger partial charge in [-0.15, -0.1) is 0 Å². The fraction of sp³-hybridized carbons (Fsp3) is 0.500. The van der Waals surface area contributed by atoms with Gasteiger partial charge in [-0.2, -0.15) is 0 Å². The number of amides is 2. The normalized spacial score (nSPS) is 18.1. The molecule has 1 heterocycles. The van der Waals surface area contributed by atoms with Crippen molar-refractivity contribution in [3.63, 3.8) is 0 Å². The second-order valence-electron chi connectivity index (χ2n) is 5.44. The fourth-order valence-electron chi connectivity index (χ4n) is 2.25. The first-order chi connectivity index (χ1) is 10.0. The maximum absolute atomic E-state index is 11.4. The summed E-state index contributed by atoms with van der Waals surface area (Å²) in [4.78, 5) is 22.5. The van der Waals surface area contributed by atoms with Crippen LogP contribution in [0, 0.1) is 0 Å². The Kier molecular flexibility index (Phi) is 5.67. The highest BCUT2D eigenvalue weighted by molar-refractivity contribution is 8.15. The molecule has 1 saturated heterocycles. The van der Waals surface area contributed by atoms with E-state index in [1.54, 1.807) is 0 Å². The van der Waals surface area contributed by atoms with Gasteiger partial charge in [0.2, 0.25) is 5.91 Å². The average Bonchev–Trinajstić information content (AvgIpc) is 2.74.